The van der Waals surface area contributed by atoms with Gasteiger partial charge in [0.05, 0.1) is 13.0 Å². The Morgan fingerprint density at radius 1 is 1.57 bits per heavy atom. The maximum Gasteiger partial charge on any atom is 0.178 e. The van der Waals surface area contributed by atoms with Crippen LogP contribution in [0.15, 0.2) is 12.1 Å². The summed E-state index contributed by atoms with van der Waals surface area (Å²) < 4.78 is 5.01. The van der Waals surface area contributed by atoms with Crippen LogP contribution in [0, 0.1) is 6.92 Å². The summed E-state index contributed by atoms with van der Waals surface area (Å²) >= 11 is 5.48. The van der Waals surface area contributed by atoms with E-state index in [-0.39, 0.29) is 11.7 Å². The molecule has 0 radical (unpaired) electrons. The number of carbonyl (C=O) groups excluding carboxylic acids is 1. The van der Waals surface area contributed by atoms with Crippen molar-refractivity contribution < 1.29 is 9.53 Å². The number of alkyl halides is 1. The minimum absolute atomic E-state index is 0.0482. The fraction of sp³-hybridized carbons (Fsp3) is 0.300. The average molecular weight is 214 g/mol. The van der Waals surface area contributed by atoms with Gasteiger partial charge in [-0.25, -0.2) is 0 Å². The van der Waals surface area contributed by atoms with Crippen LogP contribution in [0.25, 0.3) is 0 Å². The first-order valence-electron chi connectivity index (χ1n) is 4.13. The molecule has 0 atom stereocenters. The molecule has 0 amide bonds. The number of halogens is 1. The number of benzene rings is 1. The molecule has 0 heterocycles. The van der Waals surface area contributed by atoms with E-state index in [9.17, 15) is 4.79 Å². The summed E-state index contributed by atoms with van der Waals surface area (Å²) in [4.78, 5) is 11.4. The van der Waals surface area contributed by atoms with E-state index >= 15 is 0 Å². The molecular formula is C10H12ClNO2. The summed E-state index contributed by atoms with van der Waals surface area (Å²) in [6.45, 7) is 1.79. The van der Waals surface area contributed by atoms with Gasteiger partial charge in [-0.15, -0.1) is 11.6 Å². The van der Waals surface area contributed by atoms with Gasteiger partial charge in [0.25, 0.3) is 0 Å². The summed E-state index contributed by atoms with van der Waals surface area (Å²) in [5, 5.41) is 0. The summed E-state index contributed by atoms with van der Waals surface area (Å²) in [6.07, 6.45) is 0. The maximum absolute atomic E-state index is 11.4. The van der Waals surface area contributed by atoms with E-state index in [0.29, 0.717) is 17.0 Å². The van der Waals surface area contributed by atoms with Crippen LogP contribution >= 0.6 is 11.6 Å². The lowest BCUT2D eigenvalue weighted by Gasteiger charge is -2.09. The molecule has 3 nitrogen and oxygen atoms in total. The Morgan fingerprint density at radius 3 is 2.71 bits per heavy atom. The summed E-state index contributed by atoms with van der Waals surface area (Å²) in [7, 11) is 1.53. The zero-order valence-corrected chi connectivity index (χ0v) is 8.89. The molecular weight excluding hydrogens is 202 g/mol. The molecule has 0 spiro atoms. The Labute approximate surface area is 87.8 Å². The molecule has 0 aliphatic heterocycles. The van der Waals surface area contributed by atoms with Crippen LogP contribution in [-0.4, -0.2) is 18.8 Å². The van der Waals surface area contributed by atoms with E-state index in [1.54, 1.807) is 19.1 Å². The van der Waals surface area contributed by atoms with Crippen molar-refractivity contribution in [2.24, 2.45) is 0 Å². The third kappa shape index (κ3) is 1.99. The number of hydrogen-bond acceptors (Lipinski definition) is 3. The molecule has 0 fully saturated rings. The van der Waals surface area contributed by atoms with Crippen LogP contribution in [-0.2, 0) is 0 Å². The number of anilines is 1. The summed E-state index contributed by atoms with van der Waals surface area (Å²) in [5.41, 5.74) is 7.53. The van der Waals surface area contributed by atoms with Gasteiger partial charge in [0, 0.05) is 17.3 Å². The molecule has 14 heavy (non-hydrogen) atoms. The second-order valence-electron chi connectivity index (χ2n) is 2.95. The van der Waals surface area contributed by atoms with E-state index in [1.165, 1.54) is 7.11 Å². The zero-order chi connectivity index (χ0) is 10.7. The number of nitrogens with two attached hydrogens (primary N) is 1. The minimum Gasteiger partial charge on any atom is -0.497 e. The molecule has 0 saturated heterocycles. The molecule has 0 aromatic heterocycles. The fourth-order valence-electron chi connectivity index (χ4n) is 1.19. The third-order valence-corrected chi connectivity index (χ3v) is 2.32. The van der Waals surface area contributed by atoms with Crippen LogP contribution in [0.4, 0.5) is 5.69 Å². The molecule has 1 aromatic carbocycles. The second-order valence-corrected chi connectivity index (χ2v) is 3.21. The predicted octanol–water partition coefficient (Wildman–Crippen LogP) is 2.01. The number of carbonyl (C=O) groups is 1. The molecule has 76 valence electrons. The number of nitrogen functional groups attached to an aromatic ring is 1. The van der Waals surface area contributed by atoms with Gasteiger partial charge in [-0.2, -0.15) is 0 Å². The number of ketones is 1. The molecule has 0 aliphatic rings. The normalized spacial score (nSPS) is 9.93. The van der Waals surface area contributed by atoms with Gasteiger partial charge in [-0.3, -0.25) is 4.79 Å². The van der Waals surface area contributed by atoms with Crippen LogP contribution < -0.4 is 10.5 Å². The van der Waals surface area contributed by atoms with Gasteiger partial charge in [0.1, 0.15) is 5.75 Å². The van der Waals surface area contributed by atoms with Gasteiger partial charge in [-0.1, -0.05) is 0 Å². The van der Waals surface area contributed by atoms with Gasteiger partial charge in [-0.05, 0) is 18.6 Å². The van der Waals surface area contributed by atoms with E-state index in [2.05, 4.69) is 0 Å². The van der Waals surface area contributed by atoms with Crippen molar-refractivity contribution in [2.75, 3.05) is 18.7 Å². The fourth-order valence-corrected chi connectivity index (χ4v) is 1.33. The van der Waals surface area contributed by atoms with Gasteiger partial charge < -0.3 is 10.5 Å². The highest BCUT2D eigenvalue weighted by molar-refractivity contribution is 6.30. The number of ether oxygens (including phenoxy) is 1. The van der Waals surface area contributed by atoms with Crippen LogP contribution in [0.2, 0.25) is 0 Å². The predicted molar refractivity (Wildman–Crippen MR) is 57.2 cm³/mol. The molecule has 2 N–H and O–H groups in total. The number of Topliss-reactive ketones (excluding diaryl/α,β-unsaturated/α-hetero) is 1. The van der Waals surface area contributed by atoms with Crippen molar-refractivity contribution >= 4 is 23.1 Å². The third-order valence-electron chi connectivity index (χ3n) is 2.08. The lowest BCUT2D eigenvalue weighted by molar-refractivity contribution is 0.102. The maximum atomic E-state index is 11.4. The highest BCUT2D eigenvalue weighted by Crippen LogP contribution is 2.24. The summed E-state index contributed by atoms with van der Waals surface area (Å²) in [6, 6.07) is 3.33. The highest BCUT2D eigenvalue weighted by Gasteiger charge is 2.11. The SMILES string of the molecule is COc1cc(N)c(C)c(C(=O)CCl)c1. The van der Waals surface area contributed by atoms with E-state index < -0.39 is 0 Å². The average Bonchev–Trinajstić information content (AvgIpc) is 2.20. The van der Waals surface area contributed by atoms with Crippen LogP contribution in [0.5, 0.6) is 5.75 Å². The van der Waals surface area contributed by atoms with Crippen molar-refractivity contribution in [1.29, 1.82) is 0 Å². The van der Waals surface area contributed by atoms with E-state index in [0.717, 1.165) is 5.56 Å². The lowest BCUT2D eigenvalue weighted by atomic mass is 10.0. The number of methoxy groups -OCH3 is 1. The van der Waals surface area contributed by atoms with Crippen LogP contribution in [0.1, 0.15) is 15.9 Å². The number of rotatable bonds is 3. The largest absolute Gasteiger partial charge is 0.497 e. The van der Waals surface area contributed by atoms with Crippen molar-refractivity contribution in [3.05, 3.63) is 23.3 Å². The first-order chi connectivity index (χ1) is 6.60. The topological polar surface area (TPSA) is 52.3 Å². The quantitative estimate of drug-likeness (QED) is 0.475. The molecule has 0 saturated carbocycles. The van der Waals surface area contributed by atoms with Crippen molar-refractivity contribution in [1.82, 2.24) is 0 Å². The minimum atomic E-state index is -0.144. The first-order valence-corrected chi connectivity index (χ1v) is 4.67. The first kappa shape index (κ1) is 10.9. The smallest absolute Gasteiger partial charge is 0.178 e. The van der Waals surface area contributed by atoms with Crippen LogP contribution in [0.3, 0.4) is 0 Å². The molecule has 1 rings (SSSR count). The van der Waals surface area contributed by atoms with Crippen molar-refractivity contribution in [3.8, 4) is 5.75 Å². The zero-order valence-electron chi connectivity index (χ0n) is 8.13. The molecule has 1 aromatic rings. The lowest BCUT2D eigenvalue weighted by Crippen LogP contribution is -2.06. The molecule has 0 aliphatic carbocycles. The standard InChI is InChI=1S/C10H12ClNO2/c1-6-8(10(13)5-11)3-7(14-2)4-9(6)12/h3-4H,5,12H2,1-2H3. The number of hydrogen-bond donors (Lipinski definition) is 1. The monoisotopic (exact) mass is 213 g/mol. The Hall–Kier alpha value is -1.22. The van der Waals surface area contributed by atoms with Crippen molar-refractivity contribution in [2.45, 2.75) is 6.92 Å². The second kappa shape index (κ2) is 4.33. The van der Waals surface area contributed by atoms with E-state index in [4.69, 9.17) is 22.1 Å². The van der Waals surface area contributed by atoms with Gasteiger partial charge in [0.15, 0.2) is 5.78 Å². The Kier molecular flexibility index (Phi) is 3.36. The van der Waals surface area contributed by atoms with Crippen molar-refractivity contribution in [3.63, 3.8) is 0 Å². The Balaban J connectivity index is 3.27. The Morgan fingerprint density at radius 2 is 2.21 bits per heavy atom. The highest BCUT2D eigenvalue weighted by atomic mass is 35.5. The Bertz CT molecular complexity index is 363. The molecule has 0 bridgehead atoms. The molecule has 0 unspecified atom stereocenters. The summed E-state index contributed by atoms with van der Waals surface area (Å²) in [5.74, 6) is 0.379. The molecule has 4 heteroatoms. The van der Waals surface area contributed by atoms with Gasteiger partial charge >= 0.3 is 0 Å². The van der Waals surface area contributed by atoms with Gasteiger partial charge in [0.2, 0.25) is 0 Å². The van der Waals surface area contributed by atoms with E-state index in [1.807, 2.05) is 0 Å².